The third-order valence-corrected chi connectivity index (χ3v) is 3.03. The van der Waals surface area contributed by atoms with Crippen molar-refractivity contribution in [1.82, 2.24) is 5.32 Å². The summed E-state index contributed by atoms with van der Waals surface area (Å²) in [4.78, 5) is 11.9. The Morgan fingerprint density at radius 3 is 2.58 bits per heavy atom. The Kier molecular flexibility index (Phi) is 5.39. The van der Waals surface area contributed by atoms with E-state index in [1.807, 2.05) is 13.0 Å². The summed E-state index contributed by atoms with van der Waals surface area (Å²) in [6.45, 7) is 8.31. The van der Waals surface area contributed by atoms with E-state index in [4.69, 9.17) is 11.6 Å². The van der Waals surface area contributed by atoms with Crippen molar-refractivity contribution in [1.29, 1.82) is 0 Å². The van der Waals surface area contributed by atoms with Gasteiger partial charge in [-0.3, -0.25) is 4.79 Å². The molecule has 3 nitrogen and oxygen atoms in total. The maximum atomic E-state index is 11.9. The summed E-state index contributed by atoms with van der Waals surface area (Å²) >= 11 is 6.02. The average molecular weight is 284 g/mol. The monoisotopic (exact) mass is 283 g/mol. The second-order valence-corrected chi connectivity index (χ2v) is 6.52. The van der Waals surface area contributed by atoms with Crippen LogP contribution >= 0.6 is 11.6 Å². The lowest BCUT2D eigenvalue weighted by atomic mass is 9.89. The molecule has 1 unspecified atom stereocenters. The second-order valence-electron chi connectivity index (χ2n) is 6.11. The molecule has 4 heteroatoms. The summed E-state index contributed by atoms with van der Waals surface area (Å²) in [6, 6.07) is 5.29. The minimum Gasteiger partial charge on any atom is -0.391 e. The van der Waals surface area contributed by atoms with Crippen LogP contribution in [0.25, 0.3) is 0 Å². The highest BCUT2D eigenvalue weighted by molar-refractivity contribution is 6.33. The topological polar surface area (TPSA) is 49.3 Å². The number of aryl methyl sites for hydroxylation is 1. The van der Waals surface area contributed by atoms with Crippen LogP contribution in [0.5, 0.6) is 0 Å². The van der Waals surface area contributed by atoms with Gasteiger partial charge in [0.15, 0.2) is 0 Å². The third kappa shape index (κ3) is 5.62. The zero-order valence-corrected chi connectivity index (χ0v) is 12.7. The van der Waals surface area contributed by atoms with Gasteiger partial charge in [0.05, 0.1) is 16.7 Å². The van der Waals surface area contributed by atoms with Gasteiger partial charge in [0.25, 0.3) is 5.91 Å². The van der Waals surface area contributed by atoms with Crippen molar-refractivity contribution >= 4 is 17.5 Å². The van der Waals surface area contributed by atoms with Gasteiger partial charge in [-0.2, -0.15) is 0 Å². The number of carbonyl (C=O) groups is 1. The van der Waals surface area contributed by atoms with Gasteiger partial charge in [-0.25, -0.2) is 0 Å². The average Bonchev–Trinajstić information content (AvgIpc) is 2.23. The Labute approximate surface area is 120 Å². The predicted octanol–water partition coefficient (Wildman–Crippen LogP) is 3.18. The van der Waals surface area contributed by atoms with Crippen molar-refractivity contribution in [2.45, 2.75) is 40.2 Å². The number of halogens is 1. The Balaban J connectivity index is 2.56. The molecule has 0 aliphatic carbocycles. The molecular weight excluding hydrogens is 262 g/mol. The van der Waals surface area contributed by atoms with Gasteiger partial charge in [0, 0.05) is 6.54 Å². The van der Waals surface area contributed by atoms with Crippen LogP contribution in [0.4, 0.5) is 0 Å². The first-order chi connectivity index (χ1) is 8.69. The molecule has 0 heterocycles. The molecule has 1 rings (SSSR count). The van der Waals surface area contributed by atoms with Gasteiger partial charge in [0.2, 0.25) is 0 Å². The Hall–Kier alpha value is -1.06. The van der Waals surface area contributed by atoms with Crippen molar-refractivity contribution in [3.63, 3.8) is 0 Å². The van der Waals surface area contributed by atoms with Gasteiger partial charge in [-0.15, -0.1) is 0 Å². The summed E-state index contributed by atoms with van der Waals surface area (Å²) in [5.74, 6) is -0.252. The fourth-order valence-electron chi connectivity index (χ4n) is 1.89. The minimum absolute atomic E-state index is 0.0334. The highest BCUT2D eigenvalue weighted by atomic mass is 35.5. The SMILES string of the molecule is Cc1ccc(C(=O)NCC(O)CC(C)(C)C)c(Cl)c1. The van der Waals surface area contributed by atoms with Crippen molar-refractivity contribution in [2.75, 3.05) is 6.54 Å². The maximum Gasteiger partial charge on any atom is 0.252 e. The molecule has 0 saturated heterocycles. The number of nitrogens with one attached hydrogen (secondary N) is 1. The van der Waals surface area contributed by atoms with E-state index in [1.165, 1.54) is 0 Å². The normalized spacial score (nSPS) is 13.2. The number of rotatable bonds is 4. The molecule has 106 valence electrons. The fraction of sp³-hybridized carbons (Fsp3) is 0.533. The van der Waals surface area contributed by atoms with Crippen molar-refractivity contribution in [3.8, 4) is 0 Å². The molecule has 0 aliphatic heterocycles. The molecule has 0 radical (unpaired) electrons. The van der Waals surface area contributed by atoms with E-state index in [0.29, 0.717) is 17.0 Å². The first-order valence-corrected chi connectivity index (χ1v) is 6.79. The molecule has 0 bridgehead atoms. The van der Waals surface area contributed by atoms with Crippen molar-refractivity contribution in [3.05, 3.63) is 34.3 Å². The zero-order valence-electron chi connectivity index (χ0n) is 12.0. The number of amides is 1. The van der Waals surface area contributed by atoms with Crippen LogP contribution in [0.2, 0.25) is 5.02 Å². The first-order valence-electron chi connectivity index (χ1n) is 6.41. The number of aliphatic hydroxyl groups is 1. The fourth-order valence-corrected chi connectivity index (χ4v) is 2.21. The van der Waals surface area contributed by atoms with Gasteiger partial charge in [-0.05, 0) is 36.5 Å². The number of aliphatic hydroxyl groups excluding tert-OH is 1. The molecule has 0 spiro atoms. The van der Waals surface area contributed by atoms with E-state index in [9.17, 15) is 9.90 Å². The molecular formula is C15H22ClNO2. The lowest BCUT2D eigenvalue weighted by Crippen LogP contribution is -2.34. The van der Waals surface area contributed by atoms with Crippen molar-refractivity contribution < 1.29 is 9.90 Å². The summed E-state index contributed by atoms with van der Waals surface area (Å²) in [5.41, 5.74) is 1.48. The molecule has 2 N–H and O–H groups in total. The standard InChI is InChI=1S/C15H22ClNO2/c1-10-5-6-12(13(16)7-10)14(19)17-9-11(18)8-15(2,3)4/h5-7,11,18H,8-9H2,1-4H3,(H,17,19). The summed E-state index contributed by atoms with van der Waals surface area (Å²) in [6.07, 6.45) is 0.0859. The van der Waals surface area contributed by atoms with E-state index in [1.54, 1.807) is 12.1 Å². The third-order valence-electron chi connectivity index (χ3n) is 2.72. The van der Waals surface area contributed by atoms with Crippen LogP contribution in [0.1, 0.15) is 43.1 Å². The van der Waals surface area contributed by atoms with Gasteiger partial charge < -0.3 is 10.4 Å². The Bertz CT molecular complexity index is 452. The minimum atomic E-state index is -0.548. The molecule has 0 aliphatic rings. The summed E-state index contributed by atoms with van der Waals surface area (Å²) in [7, 11) is 0. The number of benzene rings is 1. The lowest BCUT2D eigenvalue weighted by molar-refractivity contribution is 0.0868. The highest BCUT2D eigenvalue weighted by Crippen LogP contribution is 2.21. The molecule has 1 aromatic rings. The molecule has 19 heavy (non-hydrogen) atoms. The Morgan fingerprint density at radius 2 is 2.05 bits per heavy atom. The smallest absolute Gasteiger partial charge is 0.252 e. The van der Waals surface area contributed by atoms with E-state index in [2.05, 4.69) is 26.1 Å². The molecule has 0 saturated carbocycles. The molecule has 0 aromatic heterocycles. The van der Waals surface area contributed by atoms with E-state index in [0.717, 1.165) is 5.56 Å². The molecule has 0 fully saturated rings. The van der Waals surface area contributed by atoms with E-state index < -0.39 is 6.10 Å². The molecule has 1 aromatic carbocycles. The summed E-state index contributed by atoms with van der Waals surface area (Å²) < 4.78 is 0. The van der Waals surface area contributed by atoms with Crippen molar-refractivity contribution in [2.24, 2.45) is 5.41 Å². The highest BCUT2D eigenvalue weighted by Gasteiger charge is 2.18. The molecule has 1 amide bonds. The van der Waals surface area contributed by atoms with Crippen LogP contribution in [0.15, 0.2) is 18.2 Å². The van der Waals surface area contributed by atoms with Gasteiger partial charge >= 0.3 is 0 Å². The second kappa shape index (κ2) is 6.40. The van der Waals surface area contributed by atoms with Crippen LogP contribution in [-0.4, -0.2) is 23.7 Å². The lowest BCUT2D eigenvalue weighted by Gasteiger charge is -2.22. The van der Waals surface area contributed by atoms with Crippen LogP contribution in [-0.2, 0) is 0 Å². The predicted molar refractivity (Wildman–Crippen MR) is 78.6 cm³/mol. The maximum absolute atomic E-state index is 11.9. The molecule has 1 atom stereocenters. The van der Waals surface area contributed by atoms with Crippen LogP contribution in [0, 0.1) is 12.3 Å². The van der Waals surface area contributed by atoms with E-state index >= 15 is 0 Å². The number of carbonyl (C=O) groups excluding carboxylic acids is 1. The first kappa shape index (κ1) is 16.0. The van der Waals surface area contributed by atoms with Gasteiger partial charge in [0.1, 0.15) is 0 Å². The van der Waals surface area contributed by atoms with Gasteiger partial charge in [-0.1, -0.05) is 38.4 Å². The zero-order chi connectivity index (χ0) is 14.6. The number of hydrogen-bond donors (Lipinski definition) is 2. The van der Waals surface area contributed by atoms with Crippen LogP contribution < -0.4 is 5.32 Å². The summed E-state index contributed by atoms with van der Waals surface area (Å²) in [5, 5.41) is 13.0. The Morgan fingerprint density at radius 1 is 1.42 bits per heavy atom. The quantitative estimate of drug-likeness (QED) is 0.892. The van der Waals surface area contributed by atoms with Crippen LogP contribution in [0.3, 0.4) is 0 Å². The number of hydrogen-bond acceptors (Lipinski definition) is 2. The largest absolute Gasteiger partial charge is 0.391 e. The van der Waals surface area contributed by atoms with E-state index in [-0.39, 0.29) is 17.9 Å².